The Morgan fingerprint density at radius 2 is 1.98 bits per heavy atom. The maximum atomic E-state index is 13.8. The van der Waals surface area contributed by atoms with Gasteiger partial charge in [0, 0.05) is 30.1 Å². The molecule has 3 aromatic rings. The van der Waals surface area contributed by atoms with Crippen molar-refractivity contribution >= 4 is 41.9 Å². The zero-order chi connectivity index (χ0) is 29.2. The summed E-state index contributed by atoms with van der Waals surface area (Å²) in [5, 5.41) is 3.76. The van der Waals surface area contributed by atoms with E-state index in [-0.39, 0.29) is 36.7 Å². The number of amides is 1. The van der Waals surface area contributed by atoms with Crippen molar-refractivity contribution in [1.82, 2.24) is 14.9 Å². The fourth-order valence-electron chi connectivity index (χ4n) is 5.82. The number of anilines is 1. The Morgan fingerprint density at radius 3 is 2.62 bits per heavy atom. The number of carbonyl (C=O) groups is 2. The van der Waals surface area contributed by atoms with Crippen LogP contribution >= 0.6 is 0 Å². The van der Waals surface area contributed by atoms with Crippen LogP contribution in [0, 0.1) is 0 Å². The van der Waals surface area contributed by atoms with E-state index in [9.17, 15) is 27.6 Å². The second-order valence-electron chi connectivity index (χ2n) is 10.8. The van der Waals surface area contributed by atoms with Gasteiger partial charge in [0.2, 0.25) is 5.60 Å². The summed E-state index contributed by atoms with van der Waals surface area (Å²) in [6.07, 6.45) is -6.10. The smallest absolute Gasteiger partial charge is 0.408 e. The van der Waals surface area contributed by atoms with E-state index < -0.39 is 43.9 Å². The average molecular weight is 575 g/mol. The molecule has 0 saturated heterocycles. The summed E-state index contributed by atoms with van der Waals surface area (Å²) in [7, 11) is -1.43. The van der Waals surface area contributed by atoms with Crippen LogP contribution in [0.25, 0.3) is 22.3 Å². The maximum Gasteiger partial charge on any atom is 0.408 e. The first kappa shape index (κ1) is 27.7. The van der Waals surface area contributed by atoms with Gasteiger partial charge in [-0.1, -0.05) is 20.0 Å². The van der Waals surface area contributed by atoms with Crippen molar-refractivity contribution in [3.05, 3.63) is 51.3 Å². The van der Waals surface area contributed by atoms with Gasteiger partial charge in [0.25, 0.3) is 5.56 Å². The third-order valence-corrected chi connectivity index (χ3v) is 11.3. The molecule has 0 aliphatic carbocycles. The molecule has 2 aromatic heterocycles. The molecule has 0 saturated carbocycles. The molecule has 1 unspecified atom stereocenters. The number of hydrogen-bond acceptors (Lipinski definition) is 7. The maximum absolute atomic E-state index is 13.8. The molecular weight excluding hydrogens is 545 g/mol. The number of fused-ring (bicyclic) bond motifs is 5. The van der Waals surface area contributed by atoms with E-state index in [0.717, 1.165) is 5.19 Å². The Kier molecular flexibility index (Phi) is 6.48. The molecule has 0 fully saturated rings. The molecular formula is C27H29F3N4O5Si. The van der Waals surface area contributed by atoms with Crippen LogP contribution in [0.1, 0.15) is 36.5 Å². The number of cyclic esters (lactones) is 1. The number of esters is 1. The molecule has 1 aromatic carbocycles. The van der Waals surface area contributed by atoms with E-state index in [0.29, 0.717) is 33.5 Å². The van der Waals surface area contributed by atoms with Crippen molar-refractivity contribution in [2.24, 2.45) is 0 Å². The van der Waals surface area contributed by atoms with Gasteiger partial charge in [0.1, 0.15) is 6.61 Å². The lowest BCUT2D eigenvalue weighted by atomic mass is 9.85. The Labute approximate surface area is 228 Å². The monoisotopic (exact) mass is 574 g/mol. The number of nitrogens with one attached hydrogen (secondary N) is 1. The Bertz CT molecular complexity index is 1640. The van der Waals surface area contributed by atoms with E-state index in [1.54, 1.807) is 31.2 Å². The second kappa shape index (κ2) is 9.36. The number of ether oxygens (including phenoxy) is 2. The van der Waals surface area contributed by atoms with Crippen molar-refractivity contribution < 1.29 is 32.2 Å². The molecule has 212 valence electrons. The number of carbonyl (C=O) groups excluding carboxylic acids is 2. The number of nitrogen functional groups attached to an aromatic ring is 1. The predicted octanol–water partition coefficient (Wildman–Crippen LogP) is 3.89. The van der Waals surface area contributed by atoms with Crippen LogP contribution < -0.4 is 21.8 Å². The summed E-state index contributed by atoms with van der Waals surface area (Å²) in [5.74, 6) is -0.794. The standard InChI is InChI=1S/C27H29F3N4O5Si/c1-5-26(39-25(37)32-2)18-11-20-21-16(12-34(20)23(35)17(18)13-38-24(26)36)22(40(3,4)9-8-27(28,29)30)15-10-14(31)6-7-19(15)33-21/h6-7,10-11H,5,8-9,12-13,31H2,1-4H3,(H,32,37). The van der Waals surface area contributed by atoms with Gasteiger partial charge in [-0.05, 0) is 47.5 Å². The third kappa shape index (κ3) is 4.32. The van der Waals surface area contributed by atoms with Crippen LogP contribution in [0.15, 0.2) is 29.1 Å². The van der Waals surface area contributed by atoms with Gasteiger partial charge in [0.05, 0.1) is 37.1 Å². The van der Waals surface area contributed by atoms with E-state index in [1.165, 1.54) is 11.6 Å². The number of hydrogen-bond donors (Lipinski definition) is 2. The highest BCUT2D eigenvalue weighted by Crippen LogP contribution is 2.41. The zero-order valence-electron chi connectivity index (χ0n) is 22.5. The minimum Gasteiger partial charge on any atom is -0.457 e. The molecule has 2 aliphatic rings. The lowest BCUT2D eigenvalue weighted by Crippen LogP contribution is -2.48. The Balaban J connectivity index is 1.78. The number of halogens is 3. The number of nitrogens with zero attached hydrogens (tertiary/aromatic N) is 2. The molecule has 1 amide bonds. The summed E-state index contributed by atoms with van der Waals surface area (Å²) >= 11 is 0. The molecule has 0 spiro atoms. The van der Waals surface area contributed by atoms with Crippen LogP contribution in [0.5, 0.6) is 0 Å². The van der Waals surface area contributed by atoms with Crippen LogP contribution in [0.3, 0.4) is 0 Å². The quantitative estimate of drug-likeness (QED) is 0.210. The van der Waals surface area contributed by atoms with E-state index in [4.69, 9.17) is 20.2 Å². The van der Waals surface area contributed by atoms with E-state index >= 15 is 0 Å². The number of aromatic nitrogens is 2. The topological polar surface area (TPSA) is 126 Å². The van der Waals surface area contributed by atoms with E-state index in [1.807, 2.05) is 13.1 Å². The predicted molar refractivity (Wildman–Crippen MR) is 145 cm³/mol. The van der Waals surface area contributed by atoms with Gasteiger partial charge in [-0.25, -0.2) is 14.6 Å². The second-order valence-corrected chi connectivity index (χ2v) is 15.6. The number of nitrogens with two attached hydrogens (primary N) is 1. The molecule has 2 aliphatic heterocycles. The number of benzene rings is 1. The first-order chi connectivity index (χ1) is 18.7. The van der Waals surface area contributed by atoms with Crippen LogP contribution in [-0.2, 0) is 33.0 Å². The summed E-state index contributed by atoms with van der Waals surface area (Å²) in [6, 6.07) is 6.67. The van der Waals surface area contributed by atoms with Gasteiger partial charge in [-0.15, -0.1) is 0 Å². The average Bonchev–Trinajstić information content (AvgIpc) is 3.25. The van der Waals surface area contributed by atoms with Crippen molar-refractivity contribution in [1.29, 1.82) is 0 Å². The normalized spacial score (nSPS) is 18.1. The van der Waals surface area contributed by atoms with Gasteiger partial charge in [-0.2, -0.15) is 13.2 Å². The molecule has 5 rings (SSSR count). The van der Waals surface area contributed by atoms with Crippen molar-refractivity contribution in [3.8, 4) is 11.4 Å². The highest BCUT2D eigenvalue weighted by molar-refractivity contribution is 6.91. The first-order valence-corrected chi connectivity index (χ1v) is 16.1. The largest absolute Gasteiger partial charge is 0.457 e. The summed E-state index contributed by atoms with van der Waals surface area (Å²) < 4.78 is 52.3. The van der Waals surface area contributed by atoms with Crippen LogP contribution in [0.4, 0.5) is 23.7 Å². The Hall–Kier alpha value is -3.87. The fourth-order valence-corrected chi connectivity index (χ4v) is 8.92. The highest BCUT2D eigenvalue weighted by Gasteiger charge is 2.50. The minimum atomic E-state index is -4.31. The highest BCUT2D eigenvalue weighted by atomic mass is 28.3. The zero-order valence-corrected chi connectivity index (χ0v) is 23.5. The van der Waals surface area contributed by atoms with Crippen molar-refractivity contribution in [2.45, 2.75) is 63.8 Å². The first-order valence-electron chi connectivity index (χ1n) is 12.9. The van der Waals surface area contributed by atoms with Crippen molar-refractivity contribution in [3.63, 3.8) is 0 Å². The van der Waals surface area contributed by atoms with Gasteiger partial charge >= 0.3 is 18.2 Å². The molecule has 9 nitrogen and oxygen atoms in total. The van der Waals surface area contributed by atoms with Crippen LogP contribution in [-0.4, -0.2) is 42.9 Å². The summed E-state index contributed by atoms with van der Waals surface area (Å²) in [5.41, 5.74) is 6.68. The third-order valence-electron chi connectivity index (χ3n) is 7.86. The molecule has 1 atom stereocenters. The molecule has 13 heteroatoms. The number of alkyl halides is 3. The molecule has 4 heterocycles. The number of alkyl carbamates (subject to hydrolysis) is 1. The summed E-state index contributed by atoms with van der Waals surface area (Å²) in [6.45, 7) is 5.18. The SMILES string of the molecule is CCC1(OC(=O)NC)C(=O)OCc2c1cc1n(c2=O)Cc2c-1nc1ccc(N)cc1c2[Si](C)(C)CCC(F)(F)F. The van der Waals surface area contributed by atoms with E-state index in [2.05, 4.69) is 5.32 Å². The number of pyridine rings is 2. The van der Waals surface area contributed by atoms with Crippen molar-refractivity contribution in [2.75, 3.05) is 12.8 Å². The Morgan fingerprint density at radius 1 is 1.25 bits per heavy atom. The minimum absolute atomic E-state index is 0.00899. The molecule has 40 heavy (non-hydrogen) atoms. The number of rotatable bonds is 5. The lowest BCUT2D eigenvalue weighted by Gasteiger charge is -2.35. The van der Waals surface area contributed by atoms with Gasteiger partial charge in [0.15, 0.2) is 0 Å². The van der Waals surface area contributed by atoms with Gasteiger partial charge < -0.3 is 25.1 Å². The fraction of sp³-hybridized carbons (Fsp3) is 0.407. The summed E-state index contributed by atoms with van der Waals surface area (Å²) in [4.78, 5) is 43.9. The van der Waals surface area contributed by atoms with Crippen LogP contribution in [0.2, 0.25) is 19.1 Å². The lowest BCUT2D eigenvalue weighted by molar-refractivity contribution is -0.172. The molecule has 3 N–H and O–H groups in total. The molecule has 0 bridgehead atoms. The molecule has 0 radical (unpaired) electrons. The van der Waals surface area contributed by atoms with Gasteiger partial charge in [-0.3, -0.25) is 4.79 Å².